The third-order valence-electron chi connectivity index (χ3n) is 4.94. The number of carbonyl (C=O) groups excluding carboxylic acids is 1. The molecule has 0 amide bonds. The zero-order valence-electron chi connectivity index (χ0n) is 18.8. The van der Waals surface area contributed by atoms with Crippen molar-refractivity contribution in [3.8, 4) is 0 Å². The van der Waals surface area contributed by atoms with E-state index in [0.29, 0.717) is 5.75 Å². The molecular weight excluding hydrogens is 531 g/mol. The number of halogens is 5. The van der Waals surface area contributed by atoms with Crippen molar-refractivity contribution in [3.05, 3.63) is 66.2 Å². The summed E-state index contributed by atoms with van der Waals surface area (Å²) in [6.07, 6.45) is -4.59. The summed E-state index contributed by atoms with van der Waals surface area (Å²) in [5, 5.41) is -4.85. The lowest BCUT2D eigenvalue weighted by molar-refractivity contribution is -0.278. The van der Waals surface area contributed by atoms with E-state index in [-0.39, 0.29) is 11.5 Å². The summed E-state index contributed by atoms with van der Waals surface area (Å²) in [5.41, 5.74) is 4.36. The van der Waals surface area contributed by atoms with E-state index in [1.807, 2.05) is 47.5 Å². The van der Waals surface area contributed by atoms with Crippen LogP contribution in [-0.4, -0.2) is 47.3 Å². The van der Waals surface area contributed by atoms with Gasteiger partial charge in [-0.2, -0.15) is 42.1 Å². The Morgan fingerprint density at radius 1 is 1.00 bits per heavy atom. The van der Waals surface area contributed by atoms with E-state index in [2.05, 4.69) is 4.84 Å². The molecule has 1 saturated carbocycles. The Hall–Kier alpha value is -2.26. The van der Waals surface area contributed by atoms with Gasteiger partial charge in [-0.1, -0.05) is 61.4 Å². The number of thioether (sulfide) groups is 1. The normalized spacial score (nSPS) is 15.6. The molecule has 200 valence electrons. The number of anilines is 1. The van der Waals surface area contributed by atoms with Gasteiger partial charge in [-0.15, -0.1) is 5.59 Å². The first-order valence-corrected chi connectivity index (χ1v) is 13.1. The smallest absolute Gasteiger partial charge is 0.299 e. The van der Waals surface area contributed by atoms with Gasteiger partial charge in [-0.05, 0) is 25.0 Å². The number of alkyl halides is 5. The molecular formula is C22H25F5N2O5S2. The number of hydrogen-bond donors (Lipinski definition) is 3. The van der Waals surface area contributed by atoms with E-state index >= 15 is 0 Å². The van der Waals surface area contributed by atoms with Gasteiger partial charge in [0, 0.05) is 10.8 Å². The molecule has 3 N–H and O–H groups in total. The van der Waals surface area contributed by atoms with Crippen LogP contribution >= 0.6 is 11.8 Å². The molecule has 0 spiro atoms. The highest BCUT2D eigenvalue weighted by atomic mass is 32.2. The average molecular weight is 557 g/mol. The summed E-state index contributed by atoms with van der Waals surface area (Å²) in [6.45, 7) is 0. The summed E-state index contributed by atoms with van der Waals surface area (Å²) >= 11 is 1.84. The fourth-order valence-corrected chi connectivity index (χ4v) is 4.76. The van der Waals surface area contributed by atoms with Gasteiger partial charge in [-0.25, -0.2) is 0 Å². The Morgan fingerprint density at radius 2 is 1.53 bits per heavy atom. The number of benzene rings is 2. The monoisotopic (exact) mass is 556 g/mol. The van der Waals surface area contributed by atoms with Crippen LogP contribution in [0.3, 0.4) is 0 Å². The fourth-order valence-electron chi connectivity index (χ4n) is 3.09. The van der Waals surface area contributed by atoms with Crippen molar-refractivity contribution in [2.45, 2.75) is 48.5 Å². The van der Waals surface area contributed by atoms with E-state index in [1.165, 1.54) is 55.5 Å². The third kappa shape index (κ3) is 9.32. The molecule has 1 aliphatic rings. The van der Waals surface area contributed by atoms with Gasteiger partial charge in [0.05, 0.1) is 11.4 Å². The van der Waals surface area contributed by atoms with Crippen molar-refractivity contribution in [3.63, 3.8) is 0 Å². The van der Waals surface area contributed by atoms with Crippen LogP contribution < -0.4 is 11.0 Å². The van der Waals surface area contributed by atoms with Crippen molar-refractivity contribution in [2.75, 3.05) is 11.2 Å². The highest BCUT2D eigenvalue weighted by molar-refractivity contribution is 8.00. The Bertz CT molecular complexity index is 1050. The molecule has 0 aromatic heterocycles. The third-order valence-corrected chi connectivity index (χ3v) is 7.21. The minimum Gasteiger partial charge on any atom is -0.299 e. The largest absolute Gasteiger partial charge is 0.423 e. The van der Waals surface area contributed by atoms with Crippen LogP contribution in [0.25, 0.3) is 0 Å². The van der Waals surface area contributed by atoms with Crippen LogP contribution in [0.15, 0.2) is 60.7 Å². The van der Waals surface area contributed by atoms with Crippen LogP contribution in [0.2, 0.25) is 0 Å². The standard InChI is InChI=1S/C13H16OS.C9H9F5N2O4S/c14-13(11-6-2-1-3-7-11)10-15-12-8-4-5-9-12;10-8(11,12)7(9(13,14)21(17,18)19)20-16-15-6-4-2-1-3-5-6/h1-3,6-7,12H,4-5,8-10H2;1-5,7,15-16H,(H,17,18,19). The van der Waals surface area contributed by atoms with Crippen LogP contribution in [0, 0.1) is 0 Å². The highest BCUT2D eigenvalue weighted by Gasteiger charge is 2.65. The fraction of sp³-hybridized carbons (Fsp3) is 0.409. The molecule has 3 rings (SSSR count). The molecule has 14 heteroatoms. The van der Waals surface area contributed by atoms with Crippen molar-refractivity contribution >= 4 is 33.4 Å². The number of hydrogen-bond acceptors (Lipinski definition) is 7. The lowest BCUT2D eigenvalue weighted by atomic mass is 10.2. The summed E-state index contributed by atoms with van der Waals surface area (Å²) in [7, 11) is -6.33. The van der Waals surface area contributed by atoms with Gasteiger partial charge in [-0.3, -0.25) is 19.6 Å². The van der Waals surface area contributed by atoms with Crippen LogP contribution in [0.4, 0.5) is 27.6 Å². The minimum atomic E-state index is -6.33. The SMILES string of the molecule is O=C(CSC1CCCC1)c1ccccc1.O=S(=O)(O)C(F)(F)C(ONNc1ccccc1)C(F)(F)F. The number of hydrazine groups is 1. The van der Waals surface area contributed by atoms with E-state index < -0.39 is 27.7 Å². The maximum Gasteiger partial charge on any atom is 0.423 e. The number of Topliss-reactive ketones (excluding diaryl/α,β-unsaturated/α-hetero) is 1. The van der Waals surface area contributed by atoms with Gasteiger partial charge in [0.2, 0.25) is 0 Å². The van der Waals surface area contributed by atoms with E-state index in [4.69, 9.17) is 4.55 Å². The summed E-state index contributed by atoms with van der Waals surface area (Å²) in [6, 6.07) is 16.9. The molecule has 2 aromatic carbocycles. The maximum absolute atomic E-state index is 13.1. The second-order valence-electron chi connectivity index (χ2n) is 7.68. The molecule has 0 aliphatic heterocycles. The van der Waals surface area contributed by atoms with Gasteiger partial charge in [0.15, 0.2) is 5.78 Å². The molecule has 0 bridgehead atoms. The molecule has 1 unspecified atom stereocenters. The average Bonchev–Trinajstić information content (AvgIpc) is 3.34. The Balaban J connectivity index is 0.000000267. The molecule has 0 heterocycles. The molecule has 1 atom stereocenters. The topological polar surface area (TPSA) is 105 Å². The summed E-state index contributed by atoms with van der Waals surface area (Å²) in [5.74, 6) is 0.918. The Labute approximate surface area is 209 Å². The number of rotatable bonds is 10. The Morgan fingerprint density at radius 3 is 2.03 bits per heavy atom. The number of carbonyl (C=O) groups is 1. The molecule has 2 aromatic rings. The second kappa shape index (κ2) is 13.3. The molecule has 1 fully saturated rings. The predicted molar refractivity (Wildman–Crippen MR) is 126 cm³/mol. The van der Waals surface area contributed by atoms with Crippen LogP contribution in [0.5, 0.6) is 0 Å². The first-order valence-electron chi connectivity index (χ1n) is 10.7. The second-order valence-corrected chi connectivity index (χ2v) is 10.5. The number of para-hydroxylation sites is 1. The molecule has 1 aliphatic carbocycles. The molecule has 0 radical (unpaired) electrons. The maximum atomic E-state index is 13.1. The first-order chi connectivity index (χ1) is 16.8. The zero-order chi connectivity index (χ0) is 26.8. The van der Waals surface area contributed by atoms with E-state index in [0.717, 1.165) is 10.8 Å². The summed E-state index contributed by atoms with van der Waals surface area (Å²) < 4.78 is 92.3. The van der Waals surface area contributed by atoms with Crippen molar-refractivity contribution in [2.24, 2.45) is 0 Å². The van der Waals surface area contributed by atoms with E-state index in [9.17, 15) is 35.2 Å². The number of nitrogens with one attached hydrogen (secondary N) is 2. The quantitative estimate of drug-likeness (QED) is 0.153. The van der Waals surface area contributed by atoms with Crippen molar-refractivity contribution in [1.82, 2.24) is 5.59 Å². The minimum absolute atomic E-state index is 0.161. The Kier molecular flexibility index (Phi) is 11.1. The van der Waals surface area contributed by atoms with Crippen LogP contribution in [-0.2, 0) is 15.0 Å². The lowest BCUT2D eigenvalue weighted by Crippen LogP contribution is -2.53. The molecule has 0 saturated heterocycles. The summed E-state index contributed by atoms with van der Waals surface area (Å²) in [4.78, 5) is 15.4. The van der Waals surface area contributed by atoms with Crippen molar-refractivity contribution < 1.29 is 44.6 Å². The van der Waals surface area contributed by atoms with Crippen LogP contribution in [0.1, 0.15) is 36.0 Å². The van der Waals surface area contributed by atoms with Crippen molar-refractivity contribution in [1.29, 1.82) is 0 Å². The lowest BCUT2D eigenvalue weighted by Gasteiger charge is -2.26. The van der Waals surface area contributed by atoms with Gasteiger partial charge in [0.1, 0.15) is 0 Å². The zero-order valence-corrected chi connectivity index (χ0v) is 20.4. The van der Waals surface area contributed by atoms with E-state index in [1.54, 1.807) is 6.07 Å². The van der Waals surface area contributed by atoms with Gasteiger partial charge < -0.3 is 0 Å². The molecule has 7 nitrogen and oxygen atoms in total. The number of ketones is 1. The highest BCUT2D eigenvalue weighted by Crippen LogP contribution is 2.37. The van der Waals surface area contributed by atoms with Gasteiger partial charge >= 0.3 is 21.5 Å². The molecule has 36 heavy (non-hydrogen) atoms. The van der Waals surface area contributed by atoms with Gasteiger partial charge in [0.25, 0.3) is 6.10 Å². The predicted octanol–water partition coefficient (Wildman–Crippen LogP) is 5.49. The first kappa shape index (κ1) is 30.0.